The van der Waals surface area contributed by atoms with Crippen LogP contribution in [0.3, 0.4) is 0 Å². The number of phenols is 1. The first-order valence-corrected chi connectivity index (χ1v) is 6.83. The minimum atomic E-state index is -1.16. The molecule has 3 N–H and O–H groups in total. The number of carboxylic acids is 1. The smallest absolute Gasteiger partial charge is 0.335 e. The molecule has 0 radical (unpaired) electrons. The van der Waals surface area contributed by atoms with E-state index in [0.29, 0.717) is 11.1 Å². The summed E-state index contributed by atoms with van der Waals surface area (Å²) < 4.78 is 5.55. The molecule has 0 aliphatic heterocycles. The first kappa shape index (κ1) is 14.6. The molecule has 0 unspecified atom stereocenters. The van der Waals surface area contributed by atoms with Crippen molar-refractivity contribution in [3.8, 4) is 5.75 Å². The van der Waals surface area contributed by atoms with Crippen molar-refractivity contribution in [2.75, 3.05) is 5.32 Å². The fourth-order valence-electron chi connectivity index (χ4n) is 2.34. The van der Waals surface area contributed by atoms with Gasteiger partial charge >= 0.3 is 5.97 Å². The fraction of sp³-hybridized carbons (Fsp3) is 0.0588. The molecule has 0 atom stereocenters. The van der Waals surface area contributed by atoms with Gasteiger partial charge in [0.15, 0.2) is 5.76 Å². The van der Waals surface area contributed by atoms with Gasteiger partial charge in [-0.1, -0.05) is 18.2 Å². The molecule has 1 aromatic heterocycles. The van der Waals surface area contributed by atoms with Crippen molar-refractivity contribution < 1.29 is 24.2 Å². The number of aryl methyl sites for hydroxylation is 1. The van der Waals surface area contributed by atoms with E-state index in [1.54, 1.807) is 13.0 Å². The van der Waals surface area contributed by atoms with Gasteiger partial charge in [0.2, 0.25) is 0 Å². The third kappa shape index (κ3) is 2.62. The summed E-state index contributed by atoms with van der Waals surface area (Å²) in [6.07, 6.45) is 0. The van der Waals surface area contributed by atoms with Crippen LogP contribution in [0.4, 0.5) is 5.69 Å². The van der Waals surface area contributed by atoms with Gasteiger partial charge in [-0.2, -0.15) is 0 Å². The Bertz CT molecular complexity index is 926. The van der Waals surface area contributed by atoms with E-state index in [4.69, 9.17) is 9.52 Å². The Hall–Kier alpha value is -3.28. The van der Waals surface area contributed by atoms with Gasteiger partial charge in [-0.05, 0) is 31.2 Å². The second-order valence-corrected chi connectivity index (χ2v) is 5.04. The van der Waals surface area contributed by atoms with Gasteiger partial charge in [0.25, 0.3) is 5.91 Å². The van der Waals surface area contributed by atoms with E-state index in [2.05, 4.69) is 5.32 Å². The first-order valence-electron chi connectivity index (χ1n) is 6.83. The maximum absolute atomic E-state index is 12.3. The quantitative estimate of drug-likeness (QED) is 0.644. The van der Waals surface area contributed by atoms with Crippen LogP contribution in [-0.2, 0) is 0 Å². The number of amides is 1. The number of nitrogens with one attached hydrogen (secondary N) is 1. The number of hydrogen-bond donors (Lipinski definition) is 3. The van der Waals surface area contributed by atoms with Crippen LogP contribution < -0.4 is 5.32 Å². The number of carbonyl (C=O) groups excluding carboxylic acids is 1. The van der Waals surface area contributed by atoms with Crippen LogP contribution in [0.2, 0.25) is 0 Å². The third-order valence-electron chi connectivity index (χ3n) is 3.54. The molecular formula is C17H13NO5. The van der Waals surface area contributed by atoms with Crippen LogP contribution in [0.1, 0.15) is 26.5 Å². The number of rotatable bonds is 3. The average Bonchev–Trinajstić information content (AvgIpc) is 2.87. The van der Waals surface area contributed by atoms with E-state index < -0.39 is 11.9 Å². The molecule has 0 spiro atoms. The van der Waals surface area contributed by atoms with Crippen molar-refractivity contribution in [3.05, 3.63) is 59.4 Å². The molecule has 0 aliphatic carbocycles. The first-order chi connectivity index (χ1) is 11.0. The van der Waals surface area contributed by atoms with Crippen LogP contribution in [0.15, 0.2) is 46.9 Å². The average molecular weight is 311 g/mol. The van der Waals surface area contributed by atoms with Crippen molar-refractivity contribution in [2.45, 2.75) is 6.92 Å². The number of carbonyl (C=O) groups is 2. The highest BCUT2D eigenvalue weighted by molar-refractivity contribution is 6.07. The molecule has 0 saturated heterocycles. The topological polar surface area (TPSA) is 99.8 Å². The van der Waals surface area contributed by atoms with Crippen molar-refractivity contribution in [2.24, 2.45) is 0 Å². The Balaban J connectivity index is 1.92. The lowest BCUT2D eigenvalue weighted by molar-refractivity contribution is 0.0696. The number of benzene rings is 2. The van der Waals surface area contributed by atoms with Crippen LogP contribution in [0.5, 0.6) is 5.75 Å². The highest BCUT2D eigenvalue weighted by atomic mass is 16.4. The Kier molecular flexibility index (Phi) is 3.50. The number of furan rings is 1. The molecule has 0 saturated carbocycles. The van der Waals surface area contributed by atoms with Crippen LogP contribution in [0, 0.1) is 6.92 Å². The monoisotopic (exact) mass is 311 g/mol. The van der Waals surface area contributed by atoms with Crippen LogP contribution >= 0.6 is 0 Å². The number of aromatic carboxylic acids is 1. The van der Waals surface area contributed by atoms with Gasteiger partial charge < -0.3 is 19.9 Å². The summed E-state index contributed by atoms with van der Waals surface area (Å²) in [6, 6.07) is 11.0. The molecule has 0 bridgehead atoms. The summed E-state index contributed by atoms with van der Waals surface area (Å²) >= 11 is 0. The normalized spacial score (nSPS) is 10.7. The lowest BCUT2D eigenvalue weighted by Crippen LogP contribution is -2.12. The highest BCUT2D eigenvalue weighted by Crippen LogP contribution is 2.28. The standard InChI is InChI=1S/C17H13NO5/c1-9-11-4-2-3-5-14(11)23-15(9)16(20)18-12-7-6-10(17(21)22)8-13(12)19/h2-8,19H,1H3,(H,18,20)(H,21,22). The number of carboxylic acid groups (broad SMARTS) is 1. The number of aromatic hydroxyl groups is 1. The SMILES string of the molecule is Cc1c(C(=O)Nc2ccc(C(=O)O)cc2O)oc2ccccc12. The van der Waals surface area contributed by atoms with Gasteiger partial charge in [-0.3, -0.25) is 4.79 Å². The zero-order valence-corrected chi connectivity index (χ0v) is 12.2. The second kappa shape index (κ2) is 5.49. The van der Waals surface area contributed by atoms with Gasteiger partial charge in [-0.15, -0.1) is 0 Å². The van der Waals surface area contributed by atoms with Crippen molar-refractivity contribution >= 4 is 28.5 Å². The van der Waals surface area contributed by atoms with Crippen LogP contribution in [0.25, 0.3) is 11.0 Å². The van der Waals surface area contributed by atoms with Crippen molar-refractivity contribution in [1.82, 2.24) is 0 Å². The maximum atomic E-state index is 12.3. The molecule has 0 aliphatic rings. The molecule has 23 heavy (non-hydrogen) atoms. The van der Waals surface area contributed by atoms with Crippen molar-refractivity contribution in [3.63, 3.8) is 0 Å². The Labute approximate surface area is 131 Å². The summed E-state index contributed by atoms with van der Waals surface area (Å²) in [5.41, 5.74) is 1.33. The maximum Gasteiger partial charge on any atom is 0.335 e. The minimum absolute atomic E-state index is 0.0691. The van der Waals surface area contributed by atoms with E-state index in [1.807, 2.05) is 18.2 Å². The van der Waals surface area contributed by atoms with E-state index in [9.17, 15) is 14.7 Å². The molecule has 3 rings (SSSR count). The summed E-state index contributed by atoms with van der Waals surface area (Å²) in [7, 11) is 0. The van der Waals surface area contributed by atoms with Gasteiger partial charge in [-0.25, -0.2) is 4.79 Å². The fourth-order valence-corrected chi connectivity index (χ4v) is 2.34. The second-order valence-electron chi connectivity index (χ2n) is 5.04. The molecule has 116 valence electrons. The van der Waals surface area contributed by atoms with Crippen LogP contribution in [-0.4, -0.2) is 22.1 Å². The summed E-state index contributed by atoms with van der Waals surface area (Å²) in [6.45, 7) is 1.77. The Morgan fingerprint density at radius 2 is 1.87 bits per heavy atom. The molecule has 1 amide bonds. The number of para-hydroxylation sites is 1. The van der Waals surface area contributed by atoms with E-state index in [0.717, 1.165) is 11.5 Å². The minimum Gasteiger partial charge on any atom is -0.506 e. The zero-order chi connectivity index (χ0) is 16.6. The molecule has 1 heterocycles. The molecular weight excluding hydrogens is 298 g/mol. The van der Waals surface area contributed by atoms with E-state index >= 15 is 0 Å². The number of hydrogen-bond acceptors (Lipinski definition) is 4. The predicted molar refractivity (Wildman–Crippen MR) is 84.0 cm³/mol. The summed E-state index contributed by atoms with van der Waals surface area (Å²) in [5, 5.41) is 22.1. The van der Waals surface area contributed by atoms with Gasteiger partial charge in [0.05, 0.1) is 11.3 Å². The van der Waals surface area contributed by atoms with Crippen molar-refractivity contribution in [1.29, 1.82) is 0 Å². The molecule has 0 fully saturated rings. The van der Waals surface area contributed by atoms with E-state index in [-0.39, 0.29) is 22.8 Å². The molecule has 6 heteroatoms. The Morgan fingerprint density at radius 1 is 1.13 bits per heavy atom. The van der Waals surface area contributed by atoms with E-state index in [1.165, 1.54) is 12.1 Å². The lowest BCUT2D eigenvalue weighted by Gasteiger charge is -2.07. The summed E-state index contributed by atoms with van der Waals surface area (Å²) in [4.78, 5) is 23.2. The lowest BCUT2D eigenvalue weighted by atomic mass is 10.1. The molecule has 2 aromatic carbocycles. The zero-order valence-electron chi connectivity index (χ0n) is 12.2. The molecule has 3 aromatic rings. The highest BCUT2D eigenvalue weighted by Gasteiger charge is 2.19. The third-order valence-corrected chi connectivity index (χ3v) is 3.54. The number of phenolic OH excluding ortho intramolecular Hbond substituents is 1. The summed E-state index contributed by atoms with van der Waals surface area (Å²) in [5.74, 6) is -1.86. The Morgan fingerprint density at radius 3 is 2.52 bits per heavy atom. The van der Waals surface area contributed by atoms with Gasteiger partial charge in [0.1, 0.15) is 11.3 Å². The molecule has 6 nitrogen and oxygen atoms in total. The number of fused-ring (bicyclic) bond motifs is 1. The number of anilines is 1. The van der Waals surface area contributed by atoms with Gasteiger partial charge in [0, 0.05) is 10.9 Å². The predicted octanol–water partition coefficient (Wildman–Crippen LogP) is 3.40. The largest absolute Gasteiger partial charge is 0.506 e.